The minimum Gasteiger partial charge on any atom is -0.366 e. The Kier molecular flexibility index (Phi) is 6.20. The summed E-state index contributed by atoms with van der Waals surface area (Å²) in [6.07, 6.45) is -0.00907. The van der Waals surface area contributed by atoms with Gasteiger partial charge in [0.25, 0.3) is 5.91 Å². The van der Waals surface area contributed by atoms with Crippen molar-refractivity contribution in [2.24, 2.45) is 5.73 Å². The summed E-state index contributed by atoms with van der Waals surface area (Å²) in [5.41, 5.74) is 8.14. The molecule has 0 saturated heterocycles. The van der Waals surface area contributed by atoms with Gasteiger partial charge in [-0.25, -0.2) is 9.78 Å². The molecular weight excluding hydrogens is 390 g/mol. The second-order valence-corrected chi connectivity index (χ2v) is 7.08. The van der Waals surface area contributed by atoms with E-state index in [1.165, 1.54) is 17.4 Å². The fraction of sp³-hybridized carbons (Fsp3) is 0.100. The summed E-state index contributed by atoms with van der Waals surface area (Å²) in [6, 6.07) is 13.5. The quantitative estimate of drug-likeness (QED) is 0.498. The van der Waals surface area contributed by atoms with Gasteiger partial charge in [-0.05, 0) is 31.2 Å². The molecule has 0 bridgehead atoms. The third-order valence-corrected chi connectivity index (χ3v) is 4.70. The maximum atomic E-state index is 12.3. The average Bonchev–Trinajstić information content (AvgIpc) is 3.10. The van der Waals surface area contributed by atoms with E-state index in [2.05, 4.69) is 20.9 Å². The Morgan fingerprint density at radius 1 is 1.00 bits per heavy atom. The molecule has 0 radical (unpaired) electrons. The van der Waals surface area contributed by atoms with Gasteiger partial charge in [0.1, 0.15) is 0 Å². The van der Waals surface area contributed by atoms with Crippen molar-refractivity contribution in [3.8, 4) is 0 Å². The zero-order chi connectivity index (χ0) is 20.8. The molecule has 3 rings (SSSR count). The molecule has 148 valence electrons. The Labute approximate surface area is 171 Å². The maximum Gasteiger partial charge on any atom is 0.325 e. The third kappa shape index (κ3) is 5.63. The zero-order valence-corrected chi connectivity index (χ0v) is 16.4. The SMILES string of the molecule is Cc1ccc(NC(=O)Nc2nc(CC(=O)Nc3ccccc3C(N)=O)cs2)cc1. The molecule has 4 amide bonds. The number of thiazole rings is 1. The van der Waals surface area contributed by atoms with Crippen LogP contribution >= 0.6 is 11.3 Å². The first-order valence-electron chi connectivity index (χ1n) is 8.68. The lowest BCUT2D eigenvalue weighted by molar-refractivity contribution is -0.115. The lowest BCUT2D eigenvalue weighted by Crippen LogP contribution is -2.20. The van der Waals surface area contributed by atoms with Crippen molar-refractivity contribution in [1.82, 2.24) is 4.98 Å². The van der Waals surface area contributed by atoms with E-state index in [0.717, 1.165) is 5.56 Å². The van der Waals surface area contributed by atoms with Crippen molar-refractivity contribution >= 4 is 45.7 Å². The summed E-state index contributed by atoms with van der Waals surface area (Å²) in [7, 11) is 0. The van der Waals surface area contributed by atoms with Crippen LogP contribution in [0.2, 0.25) is 0 Å². The Balaban J connectivity index is 1.56. The molecule has 0 aliphatic heterocycles. The fourth-order valence-corrected chi connectivity index (χ4v) is 3.21. The number of hydrogen-bond donors (Lipinski definition) is 4. The van der Waals surface area contributed by atoms with Gasteiger partial charge in [0.05, 0.1) is 23.4 Å². The number of para-hydroxylation sites is 1. The first kappa shape index (κ1) is 20.0. The minimum absolute atomic E-state index is 0.00907. The predicted molar refractivity (Wildman–Crippen MR) is 113 cm³/mol. The zero-order valence-electron chi connectivity index (χ0n) is 15.6. The number of nitrogens with zero attached hydrogens (tertiary/aromatic N) is 1. The summed E-state index contributed by atoms with van der Waals surface area (Å²) >= 11 is 1.21. The Bertz CT molecular complexity index is 1050. The largest absolute Gasteiger partial charge is 0.366 e. The highest BCUT2D eigenvalue weighted by molar-refractivity contribution is 7.14. The molecule has 8 nitrogen and oxygen atoms in total. The van der Waals surface area contributed by atoms with E-state index in [0.29, 0.717) is 22.2 Å². The van der Waals surface area contributed by atoms with Crippen molar-refractivity contribution < 1.29 is 14.4 Å². The lowest BCUT2D eigenvalue weighted by atomic mass is 10.1. The highest BCUT2D eigenvalue weighted by atomic mass is 32.1. The van der Waals surface area contributed by atoms with Crippen molar-refractivity contribution in [2.45, 2.75) is 13.3 Å². The number of primary amides is 1. The van der Waals surface area contributed by atoms with Crippen LogP contribution in [0.4, 0.5) is 21.3 Å². The van der Waals surface area contributed by atoms with E-state index in [1.807, 2.05) is 19.1 Å². The number of urea groups is 1. The number of carbonyl (C=O) groups excluding carboxylic acids is 3. The smallest absolute Gasteiger partial charge is 0.325 e. The first-order chi connectivity index (χ1) is 13.9. The number of benzene rings is 2. The molecule has 0 fully saturated rings. The van der Waals surface area contributed by atoms with Crippen LogP contribution in [0.5, 0.6) is 0 Å². The number of anilines is 3. The second kappa shape index (κ2) is 8.98. The molecule has 5 N–H and O–H groups in total. The van der Waals surface area contributed by atoms with E-state index < -0.39 is 11.9 Å². The van der Waals surface area contributed by atoms with E-state index in [9.17, 15) is 14.4 Å². The van der Waals surface area contributed by atoms with Crippen LogP contribution in [0.25, 0.3) is 0 Å². The molecule has 2 aromatic carbocycles. The van der Waals surface area contributed by atoms with Crippen LogP contribution in [0.15, 0.2) is 53.9 Å². The van der Waals surface area contributed by atoms with Crippen molar-refractivity contribution in [3.63, 3.8) is 0 Å². The van der Waals surface area contributed by atoms with Gasteiger partial charge in [-0.15, -0.1) is 11.3 Å². The number of carbonyl (C=O) groups is 3. The molecule has 1 aromatic heterocycles. The number of aromatic nitrogens is 1. The van der Waals surface area contributed by atoms with E-state index >= 15 is 0 Å². The summed E-state index contributed by atoms with van der Waals surface area (Å²) < 4.78 is 0. The van der Waals surface area contributed by atoms with Gasteiger partial charge in [0, 0.05) is 11.1 Å². The number of aryl methyl sites for hydroxylation is 1. The summed E-state index contributed by atoms with van der Waals surface area (Å²) in [4.78, 5) is 40.0. The van der Waals surface area contributed by atoms with Gasteiger partial charge in [-0.3, -0.25) is 14.9 Å². The summed E-state index contributed by atoms with van der Waals surface area (Å²) in [6.45, 7) is 1.96. The fourth-order valence-electron chi connectivity index (χ4n) is 2.51. The van der Waals surface area contributed by atoms with Crippen LogP contribution in [-0.2, 0) is 11.2 Å². The van der Waals surface area contributed by atoms with Gasteiger partial charge in [-0.1, -0.05) is 29.8 Å². The predicted octanol–water partition coefficient (Wildman–Crippen LogP) is 3.38. The first-order valence-corrected chi connectivity index (χ1v) is 9.56. The van der Waals surface area contributed by atoms with E-state index in [-0.39, 0.29) is 17.9 Å². The molecule has 0 aliphatic carbocycles. The maximum absolute atomic E-state index is 12.3. The second-order valence-electron chi connectivity index (χ2n) is 6.22. The van der Waals surface area contributed by atoms with Gasteiger partial charge in [0.15, 0.2) is 5.13 Å². The summed E-state index contributed by atoms with van der Waals surface area (Å²) in [5.74, 6) is -0.972. The van der Waals surface area contributed by atoms with Crippen LogP contribution in [0.1, 0.15) is 21.6 Å². The lowest BCUT2D eigenvalue weighted by Gasteiger charge is -2.08. The van der Waals surface area contributed by atoms with Gasteiger partial charge < -0.3 is 16.4 Å². The van der Waals surface area contributed by atoms with Crippen molar-refractivity contribution in [1.29, 1.82) is 0 Å². The van der Waals surface area contributed by atoms with Crippen LogP contribution in [0, 0.1) is 6.92 Å². The Hall–Kier alpha value is -3.72. The number of rotatable bonds is 6. The Morgan fingerprint density at radius 3 is 2.45 bits per heavy atom. The number of hydrogen-bond acceptors (Lipinski definition) is 5. The third-order valence-electron chi connectivity index (χ3n) is 3.89. The molecule has 0 atom stereocenters. The highest BCUT2D eigenvalue weighted by Crippen LogP contribution is 2.18. The molecule has 3 aromatic rings. The molecule has 9 heteroatoms. The molecule has 1 heterocycles. The number of amides is 4. The van der Waals surface area contributed by atoms with Gasteiger partial charge in [-0.2, -0.15) is 0 Å². The van der Waals surface area contributed by atoms with Crippen molar-refractivity contribution in [3.05, 3.63) is 70.7 Å². The summed E-state index contributed by atoms with van der Waals surface area (Å²) in [5, 5.41) is 10.1. The van der Waals surface area contributed by atoms with E-state index in [4.69, 9.17) is 5.73 Å². The van der Waals surface area contributed by atoms with Crippen LogP contribution in [0.3, 0.4) is 0 Å². The topological polar surface area (TPSA) is 126 Å². The minimum atomic E-state index is -0.624. The average molecular weight is 409 g/mol. The van der Waals surface area contributed by atoms with Crippen LogP contribution < -0.4 is 21.7 Å². The number of nitrogens with two attached hydrogens (primary N) is 1. The normalized spacial score (nSPS) is 10.2. The molecular formula is C20H19N5O3S. The Morgan fingerprint density at radius 2 is 1.72 bits per heavy atom. The monoisotopic (exact) mass is 409 g/mol. The van der Waals surface area contributed by atoms with Gasteiger partial charge in [0.2, 0.25) is 5.91 Å². The number of nitrogens with one attached hydrogen (secondary N) is 3. The van der Waals surface area contributed by atoms with Crippen molar-refractivity contribution in [2.75, 3.05) is 16.0 Å². The molecule has 0 aliphatic rings. The van der Waals surface area contributed by atoms with Crippen LogP contribution in [-0.4, -0.2) is 22.8 Å². The molecule has 0 saturated carbocycles. The molecule has 0 spiro atoms. The standard InChI is InChI=1S/C20H19N5O3S/c1-12-6-8-13(9-7-12)22-19(28)25-20-23-14(11-29-20)10-17(26)24-16-5-3-2-4-15(16)18(21)27/h2-9,11H,10H2,1H3,(H2,21,27)(H,24,26)(H2,22,23,25,28). The highest BCUT2D eigenvalue weighted by Gasteiger charge is 2.13. The molecule has 0 unspecified atom stereocenters. The van der Waals surface area contributed by atoms with E-state index in [1.54, 1.807) is 35.7 Å². The molecule has 29 heavy (non-hydrogen) atoms. The van der Waals surface area contributed by atoms with Gasteiger partial charge >= 0.3 is 6.03 Å².